The fraction of sp³-hybridized carbons (Fsp3) is 0.533. The number of rotatable bonds is 2. The van der Waals surface area contributed by atoms with E-state index in [0.29, 0.717) is 19.1 Å². The fourth-order valence-electron chi connectivity index (χ4n) is 2.99. The Hall–Kier alpha value is -1.56. The van der Waals surface area contributed by atoms with Crippen molar-refractivity contribution in [1.82, 2.24) is 4.90 Å². The third kappa shape index (κ3) is 2.77. The highest BCUT2D eigenvalue weighted by Gasteiger charge is 2.44. The van der Waals surface area contributed by atoms with Gasteiger partial charge in [-0.1, -0.05) is 0 Å². The van der Waals surface area contributed by atoms with E-state index in [2.05, 4.69) is 0 Å². The topological polar surface area (TPSA) is 29.5 Å². The van der Waals surface area contributed by atoms with Crippen molar-refractivity contribution < 1.29 is 22.7 Å². The van der Waals surface area contributed by atoms with Crippen LogP contribution in [0.4, 0.5) is 13.2 Å². The van der Waals surface area contributed by atoms with Crippen molar-refractivity contribution in [3.63, 3.8) is 0 Å². The van der Waals surface area contributed by atoms with E-state index in [-0.39, 0.29) is 31.0 Å². The van der Waals surface area contributed by atoms with Crippen molar-refractivity contribution in [3.05, 3.63) is 35.4 Å². The number of hydrogen-bond acceptors (Lipinski definition) is 2. The minimum absolute atomic E-state index is 0.0361. The van der Waals surface area contributed by atoms with E-state index in [1.807, 2.05) is 0 Å². The van der Waals surface area contributed by atoms with E-state index in [0.717, 1.165) is 18.6 Å². The highest BCUT2D eigenvalue weighted by Crippen LogP contribution is 2.37. The lowest BCUT2D eigenvalue weighted by atomic mass is 9.95. The summed E-state index contributed by atoms with van der Waals surface area (Å²) in [6.45, 7) is 0.585. The predicted octanol–water partition coefficient (Wildman–Crippen LogP) is 2.54. The van der Waals surface area contributed by atoms with Crippen LogP contribution in [0.25, 0.3) is 0 Å². The molecule has 6 heteroatoms. The zero-order valence-corrected chi connectivity index (χ0v) is 11.4. The van der Waals surface area contributed by atoms with Crippen LogP contribution < -0.4 is 0 Å². The van der Waals surface area contributed by atoms with Gasteiger partial charge in [-0.2, -0.15) is 0 Å². The molecule has 1 aromatic rings. The Morgan fingerprint density at radius 2 is 2.00 bits per heavy atom. The lowest BCUT2D eigenvalue weighted by Gasteiger charge is -2.23. The van der Waals surface area contributed by atoms with Crippen LogP contribution in [-0.2, 0) is 15.2 Å². The molecule has 2 fully saturated rings. The minimum atomic E-state index is -1.91. The van der Waals surface area contributed by atoms with Gasteiger partial charge in [0, 0.05) is 25.6 Å². The molecule has 0 spiro atoms. The Bertz CT molecular complexity index is 540. The normalized spacial score (nSPS) is 29.1. The molecule has 0 aliphatic carbocycles. The van der Waals surface area contributed by atoms with Crippen LogP contribution >= 0.6 is 0 Å². The molecule has 2 aliphatic rings. The second kappa shape index (κ2) is 5.33. The first-order valence-electron chi connectivity index (χ1n) is 7.04. The van der Waals surface area contributed by atoms with E-state index in [1.165, 1.54) is 4.90 Å². The van der Waals surface area contributed by atoms with Crippen LogP contribution in [0.15, 0.2) is 18.2 Å². The van der Waals surface area contributed by atoms with Crippen LogP contribution in [0.2, 0.25) is 0 Å². The van der Waals surface area contributed by atoms with Crippen LogP contribution in [0, 0.1) is 11.6 Å². The van der Waals surface area contributed by atoms with E-state index >= 15 is 0 Å². The zero-order valence-electron chi connectivity index (χ0n) is 11.4. The van der Waals surface area contributed by atoms with Crippen LogP contribution in [0.3, 0.4) is 0 Å². The maximum absolute atomic E-state index is 14.9. The molecule has 21 heavy (non-hydrogen) atoms. The molecule has 0 N–H and O–H groups in total. The standard InChI is InChI=1S/C15H16F3NO2/c16-11-6-10(7-12(17)8-11)15(18)3-4-19(9-15)14(20)13-2-1-5-21-13/h6-8,13H,1-5,9H2/t13-,15-/m1/s1. The Kier molecular flexibility index (Phi) is 3.65. The summed E-state index contributed by atoms with van der Waals surface area (Å²) >= 11 is 0. The third-order valence-electron chi connectivity index (χ3n) is 4.12. The maximum Gasteiger partial charge on any atom is 0.251 e. The van der Waals surface area contributed by atoms with Gasteiger partial charge >= 0.3 is 0 Å². The molecular weight excluding hydrogens is 283 g/mol. The van der Waals surface area contributed by atoms with Crippen molar-refractivity contribution in [2.75, 3.05) is 19.7 Å². The number of ether oxygens (including phenoxy) is 1. The second-order valence-corrected chi connectivity index (χ2v) is 5.63. The van der Waals surface area contributed by atoms with Crippen molar-refractivity contribution in [2.24, 2.45) is 0 Å². The second-order valence-electron chi connectivity index (χ2n) is 5.63. The highest BCUT2D eigenvalue weighted by atomic mass is 19.1. The van der Waals surface area contributed by atoms with Gasteiger partial charge in [0.25, 0.3) is 5.91 Å². The minimum Gasteiger partial charge on any atom is -0.368 e. The van der Waals surface area contributed by atoms with Gasteiger partial charge in [-0.15, -0.1) is 0 Å². The first kappa shape index (κ1) is 14.4. The van der Waals surface area contributed by atoms with Gasteiger partial charge in [0.2, 0.25) is 0 Å². The first-order chi connectivity index (χ1) is 9.98. The largest absolute Gasteiger partial charge is 0.368 e. The fourth-order valence-corrected chi connectivity index (χ4v) is 2.99. The summed E-state index contributed by atoms with van der Waals surface area (Å²) < 4.78 is 46.7. The van der Waals surface area contributed by atoms with Gasteiger partial charge in [-0.3, -0.25) is 4.79 Å². The average Bonchev–Trinajstić information content (AvgIpc) is 3.07. The molecule has 2 heterocycles. The smallest absolute Gasteiger partial charge is 0.251 e. The summed E-state index contributed by atoms with van der Waals surface area (Å²) in [5, 5.41) is 0. The van der Waals surface area contributed by atoms with Gasteiger partial charge in [0.05, 0.1) is 6.54 Å². The van der Waals surface area contributed by atoms with Gasteiger partial charge in [0.15, 0.2) is 5.67 Å². The lowest BCUT2D eigenvalue weighted by molar-refractivity contribution is -0.140. The molecule has 114 valence electrons. The Morgan fingerprint density at radius 3 is 2.62 bits per heavy atom. The van der Waals surface area contributed by atoms with Gasteiger partial charge < -0.3 is 9.64 Å². The molecule has 0 saturated carbocycles. The molecule has 0 unspecified atom stereocenters. The van der Waals surface area contributed by atoms with Crippen molar-refractivity contribution in [1.29, 1.82) is 0 Å². The molecule has 2 aliphatic heterocycles. The summed E-state index contributed by atoms with van der Waals surface area (Å²) in [7, 11) is 0. The Labute approximate surface area is 120 Å². The first-order valence-corrected chi connectivity index (χ1v) is 7.04. The molecule has 0 bridgehead atoms. The SMILES string of the molecule is O=C([C@H]1CCCO1)N1CC[C@](F)(c2cc(F)cc(F)c2)C1. The van der Waals surface area contributed by atoms with E-state index in [1.54, 1.807) is 0 Å². The van der Waals surface area contributed by atoms with Crippen molar-refractivity contribution in [3.8, 4) is 0 Å². The van der Waals surface area contributed by atoms with E-state index in [9.17, 15) is 18.0 Å². The summed E-state index contributed by atoms with van der Waals surface area (Å²) in [5.41, 5.74) is -1.96. The molecular formula is C15H16F3NO2. The van der Waals surface area contributed by atoms with Crippen molar-refractivity contribution in [2.45, 2.75) is 31.0 Å². The quantitative estimate of drug-likeness (QED) is 0.840. The number of carbonyl (C=O) groups is 1. The molecule has 3 rings (SSSR count). The number of halogens is 3. The highest BCUT2D eigenvalue weighted by molar-refractivity contribution is 5.81. The molecule has 2 saturated heterocycles. The number of carbonyl (C=O) groups excluding carboxylic acids is 1. The predicted molar refractivity (Wildman–Crippen MR) is 69.3 cm³/mol. The van der Waals surface area contributed by atoms with Gasteiger partial charge in [-0.25, -0.2) is 13.2 Å². The Balaban J connectivity index is 1.76. The molecule has 1 aromatic carbocycles. The molecule has 2 atom stereocenters. The monoisotopic (exact) mass is 299 g/mol. The number of nitrogens with zero attached hydrogens (tertiary/aromatic N) is 1. The maximum atomic E-state index is 14.9. The van der Waals surface area contributed by atoms with Gasteiger partial charge in [0.1, 0.15) is 17.7 Å². The van der Waals surface area contributed by atoms with Crippen LogP contribution in [0.1, 0.15) is 24.8 Å². The summed E-state index contributed by atoms with van der Waals surface area (Å²) in [6.07, 6.45) is 0.995. The summed E-state index contributed by atoms with van der Waals surface area (Å²) in [4.78, 5) is 13.6. The summed E-state index contributed by atoms with van der Waals surface area (Å²) in [5.74, 6) is -1.86. The lowest BCUT2D eigenvalue weighted by Crippen LogP contribution is -2.39. The molecule has 1 amide bonds. The number of likely N-dealkylation sites (tertiary alicyclic amines) is 1. The average molecular weight is 299 g/mol. The van der Waals surface area contributed by atoms with Crippen LogP contribution in [0.5, 0.6) is 0 Å². The van der Waals surface area contributed by atoms with Gasteiger partial charge in [-0.05, 0) is 30.5 Å². The Morgan fingerprint density at radius 1 is 1.29 bits per heavy atom. The number of hydrogen-bond donors (Lipinski definition) is 0. The number of amides is 1. The number of benzene rings is 1. The third-order valence-corrected chi connectivity index (χ3v) is 4.12. The van der Waals surface area contributed by atoms with E-state index < -0.39 is 23.4 Å². The molecule has 0 aromatic heterocycles. The zero-order chi connectivity index (χ0) is 15.0. The molecule has 0 radical (unpaired) electrons. The van der Waals surface area contributed by atoms with Crippen molar-refractivity contribution >= 4 is 5.91 Å². The van der Waals surface area contributed by atoms with E-state index in [4.69, 9.17) is 4.74 Å². The number of alkyl halides is 1. The van der Waals surface area contributed by atoms with Crippen LogP contribution in [-0.4, -0.2) is 36.6 Å². The summed E-state index contributed by atoms with van der Waals surface area (Å²) in [6, 6.07) is 2.68. The molecule has 3 nitrogen and oxygen atoms in total.